The van der Waals surface area contributed by atoms with E-state index in [4.69, 9.17) is 0 Å². The molecule has 2 fully saturated rings. The summed E-state index contributed by atoms with van der Waals surface area (Å²) in [6.45, 7) is 7.80. The van der Waals surface area contributed by atoms with Crippen molar-refractivity contribution in [3.05, 3.63) is 93.9 Å². The Kier molecular flexibility index (Phi) is 8.92. The average molecular weight is 615 g/mol. The Bertz CT molecular complexity index is 1750. The fourth-order valence-electron chi connectivity index (χ4n) is 6.39. The van der Waals surface area contributed by atoms with Crippen LogP contribution in [-0.4, -0.2) is 62.5 Å². The highest BCUT2D eigenvalue weighted by Crippen LogP contribution is 2.35. The van der Waals surface area contributed by atoms with Crippen LogP contribution in [0.5, 0.6) is 0 Å². The van der Waals surface area contributed by atoms with Crippen LogP contribution >= 0.6 is 0 Å². The fourth-order valence-corrected chi connectivity index (χ4v) is 6.39. The molecule has 0 aliphatic carbocycles. The molecule has 4 aromatic rings. The van der Waals surface area contributed by atoms with Gasteiger partial charge in [0.25, 0.3) is 5.91 Å². The molecule has 0 spiro atoms. The van der Waals surface area contributed by atoms with E-state index in [1.165, 1.54) is 25.3 Å². The first-order valence-corrected chi connectivity index (χ1v) is 15.6. The number of alkyl halides is 3. The summed E-state index contributed by atoms with van der Waals surface area (Å²) in [7, 11) is 0. The number of imidazole rings is 1. The minimum absolute atomic E-state index is 0.0977. The number of halogens is 3. The zero-order valence-corrected chi connectivity index (χ0v) is 25.6. The standard InChI is InChI=1S/C35H37F3N6O/c1-24-8-9-27(21-26(24)11-13-32-25(2)40-33-7-6-16-39-44(32)33)34(45)41-29-12-10-28(31(22-29)35(36,37)38)23-42-19-14-30(15-20-42)43-17-4-3-5-18-43/h6-10,12,16,21-22,30H,3-5,14-15,17-20,23H2,1-2H3,(H,41,45). The molecule has 7 nitrogen and oxygen atoms in total. The molecule has 2 aromatic heterocycles. The van der Waals surface area contributed by atoms with Crippen molar-refractivity contribution in [2.75, 3.05) is 31.5 Å². The molecule has 4 heterocycles. The number of amides is 1. The summed E-state index contributed by atoms with van der Waals surface area (Å²) in [5.74, 6) is 5.73. The number of nitrogens with zero attached hydrogens (tertiary/aromatic N) is 5. The Balaban J connectivity index is 1.15. The van der Waals surface area contributed by atoms with E-state index >= 15 is 0 Å². The van der Waals surface area contributed by atoms with Gasteiger partial charge in [-0.1, -0.05) is 24.5 Å². The van der Waals surface area contributed by atoms with Crippen molar-refractivity contribution >= 4 is 17.2 Å². The summed E-state index contributed by atoms with van der Waals surface area (Å²) in [5, 5.41) is 6.98. The molecule has 0 atom stereocenters. The Morgan fingerprint density at radius 2 is 1.76 bits per heavy atom. The van der Waals surface area contributed by atoms with Crippen LogP contribution in [0.15, 0.2) is 54.7 Å². The Labute approximate surface area is 261 Å². The van der Waals surface area contributed by atoms with Crippen LogP contribution in [-0.2, 0) is 12.7 Å². The van der Waals surface area contributed by atoms with Gasteiger partial charge in [0.2, 0.25) is 0 Å². The molecular formula is C35H37F3N6O. The van der Waals surface area contributed by atoms with Gasteiger partial charge >= 0.3 is 6.18 Å². The van der Waals surface area contributed by atoms with Gasteiger partial charge in [0, 0.05) is 35.6 Å². The number of aromatic nitrogens is 3. The number of nitrogens with one attached hydrogen (secondary N) is 1. The summed E-state index contributed by atoms with van der Waals surface area (Å²) < 4.78 is 44.3. The number of carbonyl (C=O) groups is 1. The van der Waals surface area contributed by atoms with Crippen LogP contribution in [0.25, 0.3) is 5.65 Å². The molecule has 6 rings (SSSR count). The molecule has 10 heteroatoms. The molecule has 2 aliphatic rings. The Morgan fingerprint density at radius 3 is 2.51 bits per heavy atom. The van der Waals surface area contributed by atoms with E-state index in [9.17, 15) is 18.0 Å². The maximum atomic E-state index is 14.2. The topological polar surface area (TPSA) is 65.8 Å². The molecule has 234 valence electrons. The number of anilines is 1. The molecule has 45 heavy (non-hydrogen) atoms. The predicted octanol–water partition coefficient (Wildman–Crippen LogP) is 6.47. The lowest BCUT2D eigenvalue weighted by atomic mass is 9.98. The molecule has 1 amide bonds. The third kappa shape index (κ3) is 7.05. The monoisotopic (exact) mass is 614 g/mol. The third-order valence-corrected chi connectivity index (χ3v) is 8.91. The fraction of sp³-hybridized carbons (Fsp3) is 0.400. The molecule has 2 aromatic carbocycles. The molecular weight excluding hydrogens is 577 g/mol. The lowest BCUT2D eigenvalue weighted by Gasteiger charge is -2.40. The second kappa shape index (κ2) is 13.0. The van der Waals surface area contributed by atoms with Gasteiger partial charge in [-0.25, -0.2) is 9.50 Å². The highest BCUT2D eigenvalue weighted by atomic mass is 19.4. The minimum Gasteiger partial charge on any atom is -0.322 e. The number of aryl methyl sites for hydroxylation is 2. The SMILES string of the molecule is Cc1ccc(C(=O)Nc2ccc(CN3CCC(N4CCCCC4)CC3)c(C(F)(F)F)c2)cc1C#Cc1c(C)nc2cccnn12. The summed E-state index contributed by atoms with van der Waals surface area (Å²) in [6, 6.07) is 13.3. The van der Waals surface area contributed by atoms with Crippen LogP contribution in [0.4, 0.5) is 18.9 Å². The van der Waals surface area contributed by atoms with Crippen LogP contribution in [0.3, 0.4) is 0 Å². The predicted molar refractivity (Wildman–Crippen MR) is 168 cm³/mol. The van der Waals surface area contributed by atoms with E-state index in [-0.39, 0.29) is 17.8 Å². The van der Waals surface area contributed by atoms with Crippen molar-refractivity contribution in [1.82, 2.24) is 24.4 Å². The third-order valence-electron chi connectivity index (χ3n) is 8.91. The maximum absolute atomic E-state index is 14.2. The van der Waals surface area contributed by atoms with Gasteiger partial charge in [-0.3, -0.25) is 9.69 Å². The van der Waals surface area contributed by atoms with Crippen LogP contribution in [0, 0.1) is 25.7 Å². The van der Waals surface area contributed by atoms with Crippen molar-refractivity contribution in [2.45, 2.75) is 64.7 Å². The quantitative estimate of drug-likeness (QED) is 0.261. The van der Waals surface area contributed by atoms with Crippen molar-refractivity contribution in [2.24, 2.45) is 0 Å². The lowest BCUT2D eigenvalue weighted by Crippen LogP contribution is -2.46. The lowest BCUT2D eigenvalue weighted by molar-refractivity contribution is -0.138. The van der Waals surface area contributed by atoms with E-state index in [1.807, 2.05) is 19.9 Å². The zero-order chi connectivity index (χ0) is 31.6. The number of piperidine rings is 2. The van der Waals surface area contributed by atoms with E-state index in [1.54, 1.807) is 41.0 Å². The van der Waals surface area contributed by atoms with Crippen molar-refractivity contribution in [1.29, 1.82) is 0 Å². The van der Waals surface area contributed by atoms with Crippen LogP contribution < -0.4 is 5.32 Å². The number of hydrogen-bond donors (Lipinski definition) is 1. The highest BCUT2D eigenvalue weighted by molar-refractivity contribution is 6.04. The van der Waals surface area contributed by atoms with E-state index < -0.39 is 17.6 Å². The molecule has 0 saturated carbocycles. The largest absolute Gasteiger partial charge is 0.416 e. The molecule has 2 saturated heterocycles. The van der Waals surface area contributed by atoms with Gasteiger partial charge in [-0.05, 0) is 119 Å². The van der Waals surface area contributed by atoms with E-state index in [0.29, 0.717) is 28.5 Å². The van der Waals surface area contributed by atoms with E-state index in [0.717, 1.165) is 56.3 Å². The number of hydrogen-bond acceptors (Lipinski definition) is 5. The van der Waals surface area contributed by atoms with Crippen molar-refractivity contribution < 1.29 is 18.0 Å². The van der Waals surface area contributed by atoms with E-state index in [2.05, 4.69) is 37.0 Å². The number of benzene rings is 2. The van der Waals surface area contributed by atoms with Gasteiger partial charge in [0.05, 0.1) is 11.3 Å². The maximum Gasteiger partial charge on any atom is 0.416 e. The number of likely N-dealkylation sites (tertiary alicyclic amines) is 2. The normalized spacial score (nSPS) is 16.8. The smallest absolute Gasteiger partial charge is 0.322 e. The highest BCUT2D eigenvalue weighted by Gasteiger charge is 2.35. The van der Waals surface area contributed by atoms with Gasteiger partial charge in [-0.15, -0.1) is 0 Å². The second-order valence-electron chi connectivity index (χ2n) is 12.0. The molecule has 0 unspecified atom stereocenters. The van der Waals surface area contributed by atoms with Crippen LogP contribution in [0.2, 0.25) is 0 Å². The summed E-state index contributed by atoms with van der Waals surface area (Å²) >= 11 is 0. The summed E-state index contributed by atoms with van der Waals surface area (Å²) in [5.41, 5.74) is 3.46. The van der Waals surface area contributed by atoms with Gasteiger partial charge in [0.1, 0.15) is 5.69 Å². The number of carbonyl (C=O) groups excluding carboxylic acids is 1. The summed E-state index contributed by atoms with van der Waals surface area (Å²) in [4.78, 5) is 22.3. The summed E-state index contributed by atoms with van der Waals surface area (Å²) in [6.07, 6.45) is 2.83. The second-order valence-corrected chi connectivity index (χ2v) is 12.0. The average Bonchev–Trinajstić information content (AvgIpc) is 3.36. The first-order valence-electron chi connectivity index (χ1n) is 15.6. The zero-order valence-electron chi connectivity index (χ0n) is 25.6. The number of fused-ring (bicyclic) bond motifs is 1. The molecule has 0 bridgehead atoms. The Morgan fingerprint density at radius 1 is 0.978 bits per heavy atom. The Hall–Kier alpha value is -4.20. The molecule has 1 N–H and O–H groups in total. The van der Waals surface area contributed by atoms with Gasteiger partial charge in [-0.2, -0.15) is 18.3 Å². The first-order chi connectivity index (χ1) is 21.7. The van der Waals surface area contributed by atoms with Gasteiger partial charge in [0.15, 0.2) is 5.65 Å². The molecule has 2 aliphatic heterocycles. The number of rotatable bonds is 5. The minimum atomic E-state index is -4.54. The van der Waals surface area contributed by atoms with Gasteiger partial charge < -0.3 is 10.2 Å². The molecule has 0 radical (unpaired) electrons. The van der Waals surface area contributed by atoms with Crippen molar-refractivity contribution in [3.63, 3.8) is 0 Å². The van der Waals surface area contributed by atoms with Crippen molar-refractivity contribution in [3.8, 4) is 11.8 Å². The van der Waals surface area contributed by atoms with Crippen LogP contribution in [0.1, 0.15) is 76.1 Å². The first kappa shape index (κ1) is 30.8.